The molecule has 0 saturated carbocycles. The van der Waals surface area contributed by atoms with Gasteiger partial charge in [0, 0.05) is 5.69 Å². The van der Waals surface area contributed by atoms with Crippen molar-refractivity contribution < 1.29 is 4.74 Å². The quantitative estimate of drug-likeness (QED) is 0.828. The topological polar surface area (TPSA) is 35.2 Å². The van der Waals surface area contributed by atoms with E-state index in [-0.39, 0.29) is 0 Å². The molecule has 0 bridgehead atoms. The van der Waals surface area contributed by atoms with E-state index >= 15 is 0 Å². The molecule has 0 heterocycles. The van der Waals surface area contributed by atoms with Crippen molar-refractivity contribution in [2.24, 2.45) is 0 Å². The molecule has 0 radical (unpaired) electrons. The summed E-state index contributed by atoms with van der Waals surface area (Å²) in [6.45, 7) is 6.99. The molecule has 0 atom stereocenters. The largest absolute Gasteiger partial charge is 0.489 e. The number of benzene rings is 2. The van der Waals surface area contributed by atoms with Crippen LogP contribution in [-0.2, 0) is 6.61 Å². The van der Waals surface area contributed by atoms with E-state index in [4.69, 9.17) is 10.5 Å². The van der Waals surface area contributed by atoms with Gasteiger partial charge in [-0.05, 0) is 47.7 Å². The van der Waals surface area contributed by atoms with Gasteiger partial charge in [0.25, 0.3) is 0 Å². The second kappa shape index (κ2) is 5.79. The number of aryl methyl sites for hydroxylation is 1. The highest BCUT2D eigenvalue weighted by Gasteiger charge is 2.02. The summed E-state index contributed by atoms with van der Waals surface area (Å²) in [7, 11) is 0. The Bertz CT molecular complexity index is 544. The van der Waals surface area contributed by atoms with E-state index in [9.17, 15) is 0 Å². The molecule has 2 aromatic rings. The number of nitrogens with two attached hydrogens (primary N) is 1. The van der Waals surface area contributed by atoms with Gasteiger partial charge in [0.2, 0.25) is 0 Å². The highest BCUT2D eigenvalue weighted by Crippen LogP contribution is 2.22. The average Bonchev–Trinajstić information content (AvgIpc) is 2.38. The second-order valence-corrected chi connectivity index (χ2v) is 5.21. The third-order valence-electron chi connectivity index (χ3n) is 3.24. The smallest absolute Gasteiger partial charge is 0.122 e. The van der Waals surface area contributed by atoms with E-state index in [2.05, 4.69) is 38.1 Å². The highest BCUT2D eigenvalue weighted by atomic mass is 16.5. The van der Waals surface area contributed by atoms with Crippen LogP contribution in [0, 0.1) is 6.92 Å². The van der Waals surface area contributed by atoms with Gasteiger partial charge in [-0.3, -0.25) is 0 Å². The van der Waals surface area contributed by atoms with Crippen LogP contribution in [-0.4, -0.2) is 0 Å². The van der Waals surface area contributed by atoms with Crippen molar-refractivity contribution in [2.45, 2.75) is 33.3 Å². The van der Waals surface area contributed by atoms with Crippen molar-refractivity contribution in [1.29, 1.82) is 0 Å². The molecule has 0 saturated heterocycles. The number of nitrogen functional groups attached to an aromatic ring is 1. The summed E-state index contributed by atoms with van der Waals surface area (Å²) >= 11 is 0. The molecule has 0 fully saturated rings. The van der Waals surface area contributed by atoms with E-state index in [0.29, 0.717) is 12.5 Å². The first-order valence-electron chi connectivity index (χ1n) is 6.64. The first kappa shape index (κ1) is 13.5. The zero-order chi connectivity index (χ0) is 13.8. The van der Waals surface area contributed by atoms with Crippen molar-refractivity contribution in [3.63, 3.8) is 0 Å². The summed E-state index contributed by atoms with van der Waals surface area (Å²) in [5.74, 6) is 1.46. The predicted octanol–water partition coefficient (Wildman–Crippen LogP) is 4.28. The van der Waals surface area contributed by atoms with E-state index in [1.165, 1.54) is 11.1 Å². The van der Waals surface area contributed by atoms with Crippen LogP contribution in [0.5, 0.6) is 5.75 Å². The van der Waals surface area contributed by atoms with E-state index in [1.807, 2.05) is 25.1 Å². The third-order valence-corrected chi connectivity index (χ3v) is 3.24. The summed E-state index contributed by atoms with van der Waals surface area (Å²) in [5.41, 5.74) is 10.1. The molecule has 2 rings (SSSR count). The summed E-state index contributed by atoms with van der Waals surface area (Å²) in [5, 5.41) is 0. The Morgan fingerprint density at radius 1 is 1.05 bits per heavy atom. The van der Waals surface area contributed by atoms with Gasteiger partial charge in [0.15, 0.2) is 0 Å². The summed E-state index contributed by atoms with van der Waals surface area (Å²) in [4.78, 5) is 0. The number of rotatable bonds is 4. The molecule has 2 nitrogen and oxygen atoms in total. The van der Waals surface area contributed by atoms with Gasteiger partial charge in [-0.1, -0.05) is 38.1 Å². The monoisotopic (exact) mass is 255 g/mol. The Morgan fingerprint density at radius 3 is 2.32 bits per heavy atom. The van der Waals surface area contributed by atoms with Crippen LogP contribution in [0.4, 0.5) is 5.69 Å². The zero-order valence-corrected chi connectivity index (χ0v) is 11.8. The van der Waals surface area contributed by atoms with Crippen molar-refractivity contribution in [2.75, 3.05) is 5.73 Å². The highest BCUT2D eigenvalue weighted by molar-refractivity contribution is 5.47. The molecule has 0 aromatic heterocycles. The predicted molar refractivity (Wildman–Crippen MR) is 80.5 cm³/mol. The lowest BCUT2D eigenvalue weighted by molar-refractivity contribution is 0.304. The minimum atomic E-state index is 0.564. The molecule has 2 aromatic carbocycles. The zero-order valence-electron chi connectivity index (χ0n) is 11.8. The molecule has 19 heavy (non-hydrogen) atoms. The Morgan fingerprint density at radius 2 is 1.74 bits per heavy atom. The first-order chi connectivity index (χ1) is 9.06. The van der Waals surface area contributed by atoms with Gasteiger partial charge < -0.3 is 10.5 Å². The van der Waals surface area contributed by atoms with Gasteiger partial charge in [-0.25, -0.2) is 0 Å². The van der Waals surface area contributed by atoms with E-state index in [1.54, 1.807) is 0 Å². The molecule has 2 heteroatoms. The third kappa shape index (κ3) is 3.50. The van der Waals surface area contributed by atoms with Gasteiger partial charge >= 0.3 is 0 Å². The molecule has 0 spiro atoms. The van der Waals surface area contributed by atoms with Crippen molar-refractivity contribution >= 4 is 5.69 Å². The van der Waals surface area contributed by atoms with Crippen LogP contribution in [0.2, 0.25) is 0 Å². The number of anilines is 1. The molecule has 0 amide bonds. The van der Waals surface area contributed by atoms with Crippen LogP contribution in [0.25, 0.3) is 0 Å². The minimum Gasteiger partial charge on any atom is -0.489 e. The fourth-order valence-electron chi connectivity index (χ4n) is 1.99. The van der Waals surface area contributed by atoms with Crippen LogP contribution in [0.15, 0.2) is 42.5 Å². The lowest BCUT2D eigenvalue weighted by Gasteiger charge is -2.11. The maximum atomic E-state index is 5.82. The van der Waals surface area contributed by atoms with Crippen LogP contribution in [0.1, 0.15) is 36.5 Å². The fourth-order valence-corrected chi connectivity index (χ4v) is 1.99. The first-order valence-corrected chi connectivity index (χ1v) is 6.64. The fraction of sp³-hybridized carbons (Fsp3) is 0.294. The molecular formula is C17H21NO. The summed E-state index contributed by atoms with van der Waals surface area (Å²) in [6.07, 6.45) is 0. The standard InChI is InChI=1S/C17H21NO/c1-12(2)15-6-4-14(5-7-15)11-19-17-9-8-16(18)10-13(17)3/h4-10,12H,11,18H2,1-3H3. The van der Waals surface area contributed by atoms with Crippen LogP contribution >= 0.6 is 0 Å². The minimum absolute atomic E-state index is 0.564. The SMILES string of the molecule is Cc1cc(N)ccc1OCc1ccc(C(C)C)cc1. The van der Waals surface area contributed by atoms with Gasteiger partial charge in [0.05, 0.1) is 0 Å². The lowest BCUT2D eigenvalue weighted by Crippen LogP contribution is -1.98. The Kier molecular flexibility index (Phi) is 4.10. The van der Waals surface area contributed by atoms with Crippen molar-refractivity contribution in [3.8, 4) is 5.75 Å². The Hall–Kier alpha value is -1.96. The molecule has 0 unspecified atom stereocenters. The van der Waals surface area contributed by atoms with E-state index in [0.717, 1.165) is 17.0 Å². The Balaban J connectivity index is 2.02. The Labute approximate surface area is 115 Å². The maximum Gasteiger partial charge on any atom is 0.122 e. The number of hydrogen-bond donors (Lipinski definition) is 1. The van der Waals surface area contributed by atoms with Gasteiger partial charge in [0.1, 0.15) is 12.4 Å². The van der Waals surface area contributed by atoms with Crippen molar-refractivity contribution in [3.05, 3.63) is 59.2 Å². The molecule has 0 aliphatic heterocycles. The molecule has 100 valence electrons. The second-order valence-electron chi connectivity index (χ2n) is 5.21. The molecule has 0 aliphatic carbocycles. The average molecular weight is 255 g/mol. The van der Waals surface area contributed by atoms with Gasteiger partial charge in [-0.2, -0.15) is 0 Å². The molecule has 0 aliphatic rings. The van der Waals surface area contributed by atoms with Gasteiger partial charge in [-0.15, -0.1) is 0 Å². The number of hydrogen-bond acceptors (Lipinski definition) is 2. The molecule has 2 N–H and O–H groups in total. The lowest BCUT2D eigenvalue weighted by atomic mass is 10.0. The summed E-state index contributed by atoms with van der Waals surface area (Å²) in [6, 6.07) is 14.3. The normalized spacial score (nSPS) is 10.7. The number of ether oxygens (including phenoxy) is 1. The molecular weight excluding hydrogens is 234 g/mol. The van der Waals surface area contributed by atoms with Crippen LogP contribution in [0.3, 0.4) is 0 Å². The summed E-state index contributed by atoms with van der Waals surface area (Å²) < 4.78 is 5.82. The maximum absolute atomic E-state index is 5.82. The van der Waals surface area contributed by atoms with E-state index < -0.39 is 0 Å². The van der Waals surface area contributed by atoms with Crippen molar-refractivity contribution in [1.82, 2.24) is 0 Å². The van der Waals surface area contributed by atoms with Crippen LogP contribution < -0.4 is 10.5 Å².